The molecule has 0 radical (unpaired) electrons. The number of aryl methyl sites for hydroxylation is 1. The number of piperazine rings is 1. The lowest BCUT2D eigenvalue weighted by Crippen LogP contribution is -2.49. The summed E-state index contributed by atoms with van der Waals surface area (Å²) < 4.78 is 10.5. The second kappa shape index (κ2) is 7.79. The molecule has 0 saturated carbocycles. The minimum atomic E-state index is -0.625. The van der Waals surface area contributed by atoms with Crippen LogP contribution in [0.4, 0.5) is 5.69 Å². The Labute approximate surface area is 173 Å². The van der Waals surface area contributed by atoms with E-state index >= 15 is 0 Å². The van der Waals surface area contributed by atoms with Gasteiger partial charge in [0.15, 0.2) is 0 Å². The monoisotopic (exact) mass is 412 g/mol. The van der Waals surface area contributed by atoms with E-state index in [1.165, 1.54) is 0 Å². The Morgan fingerprint density at radius 3 is 2.52 bits per heavy atom. The number of halogens is 1. The minimum Gasteiger partial charge on any atom is -0.497 e. The van der Waals surface area contributed by atoms with Gasteiger partial charge in [-0.05, 0) is 48.9 Å². The molecule has 3 aromatic rings. The van der Waals surface area contributed by atoms with Crippen molar-refractivity contribution in [2.75, 3.05) is 38.2 Å². The van der Waals surface area contributed by atoms with Crippen LogP contribution in [0.25, 0.3) is 11.0 Å². The first-order valence-corrected chi connectivity index (χ1v) is 9.76. The number of hydrogen-bond donors (Lipinski definition) is 0. The second-order valence-electron chi connectivity index (χ2n) is 7.06. The van der Waals surface area contributed by atoms with E-state index in [-0.39, 0.29) is 11.5 Å². The summed E-state index contributed by atoms with van der Waals surface area (Å²) in [7, 11) is 1.56. The number of fused-ring (bicyclic) bond motifs is 1. The zero-order valence-corrected chi connectivity index (χ0v) is 17.0. The Bertz CT molecular complexity index is 1130. The van der Waals surface area contributed by atoms with Crippen molar-refractivity contribution in [3.63, 3.8) is 0 Å². The largest absolute Gasteiger partial charge is 0.497 e. The SMILES string of the molecule is COc1ccc2oc(=O)c(C(=O)N3CCN(c4ccc(C)c(Cl)c4)CC3)cc2c1. The van der Waals surface area contributed by atoms with Gasteiger partial charge in [0, 0.05) is 42.3 Å². The van der Waals surface area contributed by atoms with Crippen LogP contribution in [0, 0.1) is 6.92 Å². The average molecular weight is 413 g/mol. The molecular weight excluding hydrogens is 392 g/mol. The predicted molar refractivity (Wildman–Crippen MR) is 113 cm³/mol. The van der Waals surface area contributed by atoms with Crippen LogP contribution < -0.4 is 15.3 Å². The molecule has 1 amide bonds. The molecule has 1 saturated heterocycles. The summed E-state index contributed by atoms with van der Waals surface area (Å²) >= 11 is 6.23. The number of methoxy groups -OCH3 is 1. The van der Waals surface area contributed by atoms with Gasteiger partial charge < -0.3 is 19.0 Å². The molecule has 0 unspecified atom stereocenters. The lowest BCUT2D eigenvalue weighted by molar-refractivity contribution is 0.0742. The fourth-order valence-corrected chi connectivity index (χ4v) is 3.67. The third-order valence-corrected chi connectivity index (χ3v) is 5.66. The maximum absolute atomic E-state index is 13.0. The second-order valence-corrected chi connectivity index (χ2v) is 7.47. The fraction of sp³-hybridized carbons (Fsp3) is 0.273. The van der Waals surface area contributed by atoms with Crippen LogP contribution in [0.15, 0.2) is 51.7 Å². The van der Waals surface area contributed by atoms with Gasteiger partial charge in [0.05, 0.1) is 7.11 Å². The number of hydrogen-bond acceptors (Lipinski definition) is 5. The number of ether oxygens (including phenoxy) is 1. The maximum Gasteiger partial charge on any atom is 0.349 e. The van der Waals surface area contributed by atoms with E-state index in [1.54, 1.807) is 36.3 Å². The van der Waals surface area contributed by atoms with Crippen molar-refractivity contribution in [2.45, 2.75) is 6.92 Å². The Morgan fingerprint density at radius 2 is 1.83 bits per heavy atom. The molecule has 1 fully saturated rings. The smallest absolute Gasteiger partial charge is 0.349 e. The summed E-state index contributed by atoms with van der Waals surface area (Å²) in [6, 6.07) is 12.7. The topological polar surface area (TPSA) is 63.0 Å². The van der Waals surface area contributed by atoms with Crippen LogP contribution in [-0.2, 0) is 0 Å². The number of amides is 1. The van der Waals surface area contributed by atoms with Crippen LogP contribution in [-0.4, -0.2) is 44.1 Å². The van der Waals surface area contributed by atoms with Crippen LogP contribution in [0.5, 0.6) is 5.75 Å². The highest BCUT2D eigenvalue weighted by atomic mass is 35.5. The van der Waals surface area contributed by atoms with E-state index in [0.717, 1.165) is 16.3 Å². The van der Waals surface area contributed by atoms with Gasteiger partial charge in [-0.1, -0.05) is 17.7 Å². The third-order valence-electron chi connectivity index (χ3n) is 5.26. The fourth-order valence-electron chi connectivity index (χ4n) is 3.49. The summed E-state index contributed by atoms with van der Waals surface area (Å²) in [6.45, 7) is 4.32. The van der Waals surface area contributed by atoms with Gasteiger partial charge in [-0.3, -0.25) is 4.79 Å². The number of anilines is 1. The average Bonchev–Trinajstić information content (AvgIpc) is 2.74. The first kappa shape index (κ1) is 19.3. The van der Waals surface area contributed by atoms with Crippen molar-refractivity contribution >= 4 is 34.2 Å². The number of rotatable bonds is 3. The molecule has 29 heavy (non-hydrogen) atoms. The van der Waals surface area contributed by atoms with Crippen LogP contribution in [0.1, 0.15) is 15.9 Å². The maximum atomic E-state index is 13.0. The van der Waals surface area contributed by atoms with Crippen molar-refractivity contribution in [2.24, 2.45) is 0 Å². The molecule has 0 atom stereocenters. The Kier molecular flexibility index (Phi) is 5.20. The predicted octanol–water partition coefficient (Wildman–Crippen LogP) is 3.73. The molecule has 0 spiro atoms. The van der Waals surface area contributed by atoms with E-state index in [1.807, 2.05) is 25.1 Å². The van der Waals surface area contributed by atoms with E-state index in [9.17, 15) is 9.59 Å². The zero-order valence-electron chi connectivity index (χ0n) is 16.3. The summed E-state index contributed by atoms with van der Waals surface area (Å²) in [5, 5.41) is 1.38. The van der Waals surface area contributed by atoms with Crippen LogP contribution >= 0.6 is 11.6 Å². The number of carbonyl (C=O) groups excluding carboxylic acids is 1. The quantitative estimate of drug-likeness (QED) is 0.613. The number of carbonyl (C=O) groups is 1. The van der Waals surface area contributed by atoms with Gasteiger partial charge in [-0.25, -0.2) is 4.79 Å². The lowest BCUT2D eigenvalue weighted by atomic mass is 10.1. The molecule has 2 aromatic carbocycles. The van der Waals surface area contributed by atoms with Gasteiger partial charge in [-0.2, -0.15) is 0 Å². The van der Waals surface area contributed by atoms with E-state index in [0.29, 0.717) is 42.9 Å². The molecule has 0 N–H and O–H groups in total. The van der Waals surface area contributed by atoms with E-state index in [2.05, 4.69) is 4.90 Å². The van der Waals surface area contributed by atoms with Crippen molar-refractivity contribution in [3.05, 3.63) is 69.0 Å². The van der Waals surface area contributed by atoms with Gasteiger partial charge >= 0.3 is 5.63 Å². The molecule has 0 aliphatic carbocycles. The zero-order chi connectivity index (χ0) is 20.5. The lowest BCUT2D eigenvalue weighted by Gasteiger charge is -2.36. The first-order valence-electron chi connectivity index (χ1n) is 9.38. The molecule has 4 rings (SSSR count). The first-order chi connectivity index (χ1) is 14.0. The highest BCUT2D eigenvalue weighted by Gasteiger charge is 2.25. The standard InChI is InChI=1S/C22H21ClN2O4/c1-14-3-4-16(13-19(14)23)24-7-9-25(10-8-24)21(26)18-12-15-11-17(28-2)5-6-20(15)29-22(18)27/h3-6,11-13H,7-10H2,1-2H3. The Balaban J connectivity index is 1.52. The van der Waals surface area contributed by atoms with Gasteiger partial charge in [0.2, 0.25) is 0 Å². The van der Waals surface area contributed by atoms with Gasteiger partial charge in [-0.15, -0.1) is 0 Å². The van der Waals surface area contributed by atoms with Crippen molar-refractivity contribution in [3.8, 4) is 5.75 Å². The normalized spacial score (nSPS) is 14.3. The van der Waals surface area contributed by atoms with Crippen LogP contribution in [0.2, 0.25) is 5.02 Å². The highest BCUT2D eigenvalue weighted by molar-refractivity contribution is 6.31. The molecule has 150 valence electrons. The van der Waals surface area contributed by atoms with Crippen LogP contribution in [0.3, 0.4) is 0 Å². The molecule has 6 nitrogen and oxygen atoms in total. The molecule has 7 heteroatoms. The third kappa shape index (κ3) is 3.80. The summed E-state index contributed by atoms with van der Waals surface area (Å²) in [5.41, 5.74) is 1.90. The molecule has 0 bridgehead atoms. The Morgan fingerprint density at radius 1 is 1.07 bits per heavy atom. The summed E-state index contributed by atoms with van der Waals surface area (Å²) in [4.78, 5) is 29.2. The summed E-state index contributed by atoms with van der Waals surface area (Å²) in [6.07, 6.45) is 0. The van der Waals surface area contributed by atoms with Crippen molar-refractivity contribution in [1.82, 2.24) is 4.90 Å². The van der Waals surface area contributed by atoms with Gasteiger partial charge in [0.25, 0.3) is 5.91 Å². The Hall–Kier alpha value is -2.99. The molecule has 2 heterocycles. The molecule has 1 aliphatic heterocycles. The van der Waals surface area contributed by atoms with Gasteiger partial charge in [0.1, 0.15) is 16.9 Å². The van der Waals surface area contributed by atoms with Crippen molar-refractivity contribution in [1.29, 1.82) is 0 Å². The highest BCUT2D eigenvalue weighted by Crippen LogP contribution is 2.25. The molecular formula is C22H21ClN2O4. The molecule has 1 aromatic heterocycles. The minimum absolute atomic E-state index is 0.0394. The van der Waals surface area contributed by atoms with Crippen molar-refractivity contribution < 1.29 is 13.9 Å². The summed E-state index contributed by atoms with van der Waals surface area (Å²) in [5.74, 6) is 0.320. The van der Waals surface area contributed by atoms with E-state index in [4.69, 9.17) is 20.8 Å². The number of nitrogens with zero attached hydrogens (tertiary/aromatic N) is 2. The molecule has 1 aliphatic rings. The van der Waals surface area contributed by atoms with E-state index < -0.39 is 5.63 Å². The number of benzene rings is 2.